The number of carbonyl (C=O) groups is 2. The zero-order valence-electron chi connectivity index (χ0n) is 16.9. The highest BCUT2D eigenvalue weighted by Crippen LogP contribution is 2.37. The van der Waals surface area contributed by atoms with Crippen LogP contribution in [0.25, 0.3) is 11.1 Å². The molecule has 4 aromatic rings. The fourth-order valence-electron chi connectivity index (χ4n) is 3.00. The smallest absolute Gasteiger partial charge is 0.341 e. The van der Waals surface area contributed by atoms with Gasteiger partial charge in [0, 0.05) is 33.8 Å². The number of carbonyl (C=O) groups excluding carboxylic acids is 2. The summed E-state index contributed by atoms with van der Waals surface area (Å²) in [5.41, 5.74) is 2.10. The third-order valence-electron chi connectivity index (χ3n) is 4.52. The molecule has 0 bridgehead atoms. The number of pyridine rings is 1. The van der Waals surface area contributed by atoms with E-state index in [4.69, 9.17) is 21.1 Å². The maximum Gasteiger partial charge on any atom is 0.341 e. The van der Waals surface area contributed by atoms with Gasteiger partial charge in [-0.1, -0.05) is 35.9 Å². The first kappa shape index (κ1) is 21.5. The van der Waals surface area contributed by atoms with Crippen molar-refractivity contribution in [3.05, 3.63) is 94.5 Å². The molecule has 4 rings (SSSR count). The molecule has 0 radical (unpaired) electrons. The standard InChI is InChI=1S/C24H17ClN2O4S/c1-30-24(29)21-19(15-8-10-17(25)11-9-15)14-32-23(21)27-22(28)16-5-4-6-18(13-16)31-20-7-2-3-12-26-20/h2-14H,1H3,(H,27,28). The number of nitrogens with one attached hydrogen (secondary N) is 1. The van der Waals surface area contributed by atoms with Gasteiger partial charge in [-0.15, -0.1) is 11.3 Å². The molecule has 0 aliphatic carbocycles. The minimum atomic E-state index is -0.543. The topological polar surface area (TPSA) is 77.5 Å². The van der Waals surface area contributed by atoms with Gasteiger partial charge in [-0.05, 0) is 42.0 Å². The van der Waals surface area contributed by atoms with E-state index in [0.29, 0.717) is 32.8 Å². The Morgan fingerprint density at radius 3 is 2.56 bits per heavy atom. The van der Waals surface area contributed by atoms with E-state index in [9.17, 15) is 9.59 Å². The van der Waals surface area contributed by atoms with E-state index in [0.717, 1.165) is 5.56 Å². The highest BCUT2D eigenvalue weighted by atomic mass is 35.5. The predicted octanol–water partition coefficient (Wildman–Crippen LogP) is 6.29. The predicted molar refractivity (Wildman–Crippen MR) is 125 cm³/mol. The Bertz CT molecular complexity index is 1260. The monoisotopic (exact) mass is 464 g/mol. The molecule has 0 atom stereocenters. The van der Waals surface area contributed by atoms with Crippen LogP contribution in [0.15, 0.2) is 78.3 Å². The van der Waals surface area contributed by atoms with Crippen LogP contribution in [0.2, 0.25) is 5.02 Å². The number of amides is 1. The Kier molecular flexibility index (Phi) is 6.49. The number of hydrogen-bond donors (Lipinski definition) is 1. The first-order chi connectivity index (χ1) is 15.5. The van der Waals surface area contributed by atoms with Crippen LogP contribution >= 0.6 is 22.9 Å². The van der Waals surface area contributed by atoms with Gasteiger partial charge >= 0.3 is 5.97 Å². The second kappa shape index (κ2) is 9.64. The number of methoxy groups -OCH3 is 1. The van der Waals surface area contributed by atoms with Crippen LogP contribution in [0.4, 0.5) is 5.00 Å². The van der Waals surface area contributed by atoms with Crippen LogP contribution in [-0.4, -0.2) is 24.0 Å². The maximum absolute atomic E-state index is 12.9. The van der Waals surface area contributed by atoms with E-state index in [2.05, 4.69) is 10.3 Å². The van der Waals surface area contributed by atoms with Crippen molar-refractivity contribution in [3.63, 3.8) is 0 Å². The molecule has 32 heavy (non-hydrogen) atoms. The van der Waals surface area contributed by atoms with Crippen molar-refractivity contribution in [1.82, 2.24) is 4.98 Å². The average Bonchev–Trinajstić information content (AvgIpc) is 3.23. The third-order valence-corrected chi connectivity index (χ3v) is 5.67. The van der Waals surface area contributed by atoms with Crippen molar-refractivity contribution >= 4 is 39.8 Å². The van der Waals surface area contributed by atoms with Gasteiger partial charge in [0.25, 0.3) is 5.91 Å². The van der Waals surface area contributed by atoms with E-state index >= 15 is 0 Å². The summed E-state index contributed by atoms with van der Waals surface area (Å²) in [5, 5.41) is 5.59. The van der Waals surface area contributed by atoms with Crippen LogP contribution in [0.5, 0.6) is 11.6 Å². The first-order valence-corrected chi connectivity index (χ1v) is 10.8. The zero-order valence-corrected chi connectivity index (χ0v) is 18.4. The molecular formula is C24H17ClN2O4S. The zero-order chi connectivity index (χ0) is 22.5. The molecule has 160 valence electrons. The number of hydrogen-bond acceptors (Lipinski definition) is 6. The normalized spacial score (nSPS) is 10.4. The lowest BCUT2D eigenvalue weighted by molar-refractivity contribution is 0.0603. The first-order valence-electron chi connectivity index (χ1n) is 9.51. The Morgan fingerprint density at radius 2 is 1.84 bits per heavy atom. The molecule has 0 unspecified atom stereocenters. The molecule has 0 saturated carbocycles. The Labute approximate surface area is 193 Å². The molecule has 6 nitrogen and oxygen atoms in total. The number of halogens is 1. The number of rotatable bonds is 6. The summed E-state index contributed by atoms with van der Waals surface area (Å²) in [4.78, 5) is 29.6. The van der Waals surface area contributed by atoms with Crippen molar-refractivity contribution in [2.75, 3.05) is 12.4 Å². The van der Waals surface area contributed by atoms with E-state index in [1.54, 1.807) is 72.2 Å². The minimum Gasteiger partial charge on any atom is -0.465 e. The Balaban J connectivity index is 1.60. The van der Waals surface area contributed by atoms with Gasteiger partial charge in [-0.2, -0.15) is 0 Å². The number of aromatic nitrogens is 1. The quantitative estimate of drug-likeness (QED) is 0.339. The van der Waals surface area contributed by atoms with Gasteiger partial charge < -0.3 is 14.8 Å². The van der Waals surface area contributed by atoms with Crippen LogP contribution < -0.4 is 10.1 Å². The summed E-state index contributed by atoms with van der Waals surface area (Å²) >= 11 is 7.22. The molecule has 1 N–H and O–H groups in total. The second-order valence-electron chi connectivity index (χ2n) is 6.60. The van der Waals surface area contributed by atoms with E-state index in [-0.39, 0.29) is 11.5 Å². The lowest BCUT2D eigenvalue weighted by atomic mass is 10.0. The average molecular weight is 465 g/mol. The molecule has 8 heteroatoms. The SMILES string of the molecule is COC(=O)c1c(-c2ccc(Cl)cc2)csc1NC(=O)c1cccc(Oc2ccccn2)c1. The molecule has 0 spiro atoms. The molecule has 0 aliphatic rings. The van der Waals surface area contributed by atoms with Crippen LogP contribution in [0, 0.1) is 0 Å². The second-order valence-corrected chi connectivity index (χ2v) is 7.92. The van der Waals surface area contributed by atoms with Crippen LogP contribution in [0.3, 0.4) is 0 Å². The third kappa shape index (κ3) is 4.80. The highest BCUT2D eigenvalue weighted by molar-refractivity contribution is 7.15. The van der Waals surface area contributed by atoms with Crippen molar-refractivity contribution in [1.29, 1.82) is 0 Å². The molecule has 0 fully saturated rings. The molecular weight excluding hydrogens is 448 g/mol. The fraction of sp³-hybridized carbons (Fsp3) is 0.0417. The number of nitrogens with zero attached hydrogens (tertiary/aromatic N) is 1. The van der Waals surface area contributed by atoms with Crippen LogP contribution in [0.1, 0.15) is 20.7 Å². The van der Waals surface area contributed by atoms with Gasteiger partial charge in [0.2, 0.25) is 5.88 Å². The molecule has 0 aliphatic heterocycles. The van der Waals surface area contributed by atoms with Gasteiger partial charge in [-0.3, -0.25) is 4.79 Å². The molecule has 0 saturated heterocycles. The summed E-state index contributed by atoms with van der Waals surface area (Å²) in [5.74, 6) is -0.0358. The number of thiophene rings is 1. The Hall–Kier alpha value is -3.68. The largest absolute Gasteiger partial charge is 0.465 e. The van der Waals surface area contributed by atoms with Gasteiger partial charge in [0.1, 0.15) is 16.3 Å². The minimum absolute atomic E-state index is 0.286. The Morgan fingerprint density at radius 1 is 1.03 bits per heavy atom. The molecule has 2 aromatic heterocycles. The number of esters is 1. The summed E-state index contributed by atoms with van der Waals surface area (Å²) in [6, 6.07) is 19.1. The molecule has 1 amide bonds. The molecule has 2 heterocycles. The van der Waals surface area contributed by atoms with Crippen molar-refractivity contribution < 1.29 is 19.1 Å². The maximum atomic E-state index is 12.9. The van der Waals surface area contributed by atoms with E-state index in [1.807, 2.05) is 6.07 Å². The lowest BCUT2D eigenvalue weighted by Crippen LogP contribution is -2.14. The van der Waals surface area contributed by atoms with Crippen LogP contribution in [-0.2, 0) is 4.74 Å². The number of benzene rings is 2. The summed E-state index contributed by atoms with van der Waals surface area (Å²) in [7, 11) is 1.30. The van der Waals surface area contributed by atoms with Gasteiger partial charge in [0.15, 0.2) is 0 Å². The highest BCUT2D eigenvalue weighted by Gasteiger charge is 2.23. The number of anilines is 1. The van der Waals surface area contributed by atoms with Gasteiger partial charge in [-0.25, -0.2) is 9.78 Å². The lowest BCUT2D eigenvalue weighted by Gasteiger charge is -2.09. The fourth-order valence-corrected chi connectivity index (χ4v) is 4.08. The number of ether oxygens (including phenoxy) is 2. The van der Waals surface area contributed by atoms with Crippen molar-refractivity contribution in [2.24, 2.45) is 0 Å². The summed E-state index contributed by atoms with van der Waals surface area (Å²) in [6.07, 6.45) is 1.62. The van der Waals surface area contributed by atoms with Crippen molar-refractivity contribution in [2.45, 2.75) is 0 Å². The van der Waals surface area contributed by atoms with Gasteiger partial charge in [0.05, 0.1) is 7.11 Å². The van der Waals surface area contributed by atoms with E-state index < -0.39 is 5.97 Å². The van der Waals surface area contributed by atoms with Crippen molar-refractivity contribution in [3.8, 4) is 22.8 Å². The summed E-state index contributed by atoms with van der Waals surface area (Å²) in [6.45, 7) is 0. The summed E-state index contributed by atoms with van der Waals surface area (Å²) < 4.78 is 10.7. The van der Waals surface area contributed by atoms with E-state index in [1.165, 1.54) is 18.4 Å². The molecule has 2 aromatic carbocycles.